The normalized spacial score (nSPS) is 15.2. The van der Waals surface area contributed by atoms with Gasteiger partial charge in [0.25, 0.3) is 0 Å². The Kier molecular flexibility index (Phi) is 9.61. The summed E-state index contributed by atoms with van der Waals surface area (Å²) in [6.07, 6.45) is 6.95. The molecule has 0 saturated heterocycles. The molecule has 0 atom stereocenters. The third kappa shape index (κ3) is 7.72. The van der Waals surface area contributed by atoms with Crippen molar-refractivity contribution in [1.82, 2.24) is 14.1 Å². The standard InChI is InChI=1S/C71H60GeN4O/c1-70(2,3)48-36-39-73-67(41-48)76-63-32-16-15-28-56(63)60-43-59(47-34-35-61-62(40-47)72(6,7)38-37-71(61,4)5)66(44-65(60)76)77-50-23-17-22-49(42-50)74-45-75-68-51(46-20-9-8-10-21-46)29-18-30-57(68)54-26-13-11-24-52(54)53-25-12-14-27-55(53)58-31-19-33-64(74)69(58)75/h8-36,39-44H,37-38H2,1-7H3/i8D,9D,10D,20D,21D. The quantitative estimate of drug-likeness (QED) is 0.0945. The summed E-state index contributed by atoms with van der Waals surface area (Å²) < 4.78 is 60.2. The summed E-state index contributed by atoms with van der Waals surface area (Å²) in [7, 11) is 0. The number of benzene rings is 9. The van der Waals surface area contributed by atoms with E-state index >= 15 is 0 Å². The van der Waals surface area contributed by atoms with Crippen molar-refractivity contribution in [3.05, 3.63) is 230 Å². The topological polar surface area (TPSA) is 35.9 Å². The van der Waals surface area contributed by atoms with Crippen LogP contribution < -0.4 is 13.7 Å². The van der Waals surface area contributed by atoms with Crippen LogP contribution in [0, 0.1) is 6.33 Å². The average Bonchev–Trinajstić information content (AvgIpc) is 4.25. The van der Waals surface area contributed by atoms with Crippen LogP contribution in [-0.4, -0.2) is 27.4 Å². The third-order valence-electron chi connectivity index (χ3n) is 16.5. The summed E-state index contributed by atoms with van der Waals surface area (Å²) in [4.78, 5) is 5.03. The fraction of sp³-hybridized carbons (Fsp3) is 0.155. The smallest absolute Gasteiger partial charge is 0.0660 e. The Morgan fingerprint density at radius 1 is 0.610 bits per heavy atom. The van der Waals surface area contributed by atoms with Crippen molar-refractivity contribution >= 4 is 50.5 Å². The van der Waals surface area contributed by atoms with Crippen molar-refractivity contribution in [2.75, 3.05) is 0 Å². The number of pyridine rings is 1. The molecule has 0 unspecified atom stereocenters. The van der Waals surface area contributed by atoms with Crippen LogP contribution in [-0.2, 0) is 10.8 Å². The molecular weight excluding hydrogens is 997 g/mol. The van der Waals surface area contributed by atoms with Gasteiger partial charge in [0.15, 0.2) is 0 Å². The Hall–Kier alpha value is -8.26. The number of imidazole rings is 1. The molecule has 0 N–H and O–H groups in total. The number of hydrogen-bond acceptors (Lipinski definition) is 2. The monoisotopic (exact) mass is 1060 g/mol. The van der Waals surface area contributed by atoms with Crippen LogP contribution in [0.25, 0.3) is 106 Å². The molecule has 0 saturated carbocycles. The number of fused-ring (bicyclic) bond motifs is 11. The van der Waals surface area contributed by atoms with Crippen molar-refractivity contribution in [3.8, 4) is 84.3 Å². The molecule has 0 amide bonds. The number of ether oxygens (including phenoxy) is 1. The van der Waals surface area contributed by atoms with Crippen LogP contribution in [0.2, 0.25) is 16.8 Å². The molecule has 77 heavy (non-hydrogen) atoms. The minimum absolute atomic E-state index is 0.0904. The third-order valence-corrected chi connectivity index (χ3v) is 23.6. The van der Waals surface area contributed by atoms with Crippen molar-refractivity contribution in [1.29, 1.82) is 0 Å². The first-order chi connectivity index (χ1) is 39.4. The van der Waals surface area contributed by atoms with Gasteiger partial charge in [-0.1, -0.05) is 130 Å². The van der Waals surface area contributed by atoms with Gasteiger partial charge in [-0.25, -0.2) is 0 Å². The van der Waals surface area contributed by atoms with E-state index in [1.807, 2.05) is 47.2 Å². The van der Waals surface area contributed by atoms with E-state index in [0.29, 0.717) is 22.7 Å². The Bertz CT molecular complexity index is 4650. The maximum atomic E-state index is 9.32. The number of hydrogen-bond donors (Lipinski definition) is 0. The molecule has 6 heteroatoms. The minimum Gasteiger partial charge on any atom is -0.0660 e. The molecule has 9 aromatic carbocycles. The fourth-order valence-electron chi connectivity index (χ4n) is 12.3. The second-order valence-electron chi connectivity index (χ2n) is 23.2. The molecule has 3 aromatic heterocycles. The molecule has 12 aromatic rings. The average molecular weight is 1060 g/mol. The molecule has 2 aliphatic rings. The van der Waals surface area contributed by atoms with E-state index in [4.69, 9.17) is 13.8 Å². The van der Waals surface area contributed by atoms with Crippen LogP contribution in [0.3, 0.4) is 0 Å². The van der Waals surface area contributed by atoms with Gasteiger partial charge in [0.1, 0.15) is 0 Å². The van der Waals surface area contributed by atoms with Gasteiger partial charge in [-0.3, -0.25) is 0 Å². The molecular formula is C71H60GeN4O. The van der Waals surface area contributed by atoms with E-state index in [0.717, 1.165) is 88.9 Å². The van der Waals surface area contributed by atoms with Gasteiger partial charge >= 0.3 is 277 Å². The second kappa shape index (κ2) is 17.7. The number of nitrogens with zero attached hydrogens (tertiary/aromatic N) is 4. The van der Waals surface area contributed by atoms with Gasteiger partial charge in [-0.15, -0.1) is 0 Å². The van der Waals surface area contributed by atoms with E-state index in [1.165, 1.54) is 22.8 Å². The molecule has 0 aliphatic carbocycles. The summed E-state index contributed by atoms with van der Waals surface area (Å²) in [5, 5.41) is 3.53. The zero-order valence-electron chi connectivity index (χ0n) is 49.4. The maximum absolute atomic E-state index is 9.32. The molecule has 2 aliphatic heterocycles. The van der Waals surface area contributed by atoms with Crippen LogP contribution in [0.5, 0.6) is 11.5 Å². The Morgan fingerprint density at radius 3 is 2.05 bits per heavy atom. The van der Waals surface area contributed by atoms with Crippen molar-refractivity contribution in [2.24, 2.45) is 0 Å². The first-order valence-corrected chi connectivity index (χ1v) is 33.5. The molecule has 0 bridgehead atoms. The molecule has 0 radical (unpaired) electrons. The van der Waals surface area contributed by atoms with Crippen LogP contribution in [0.15, 0.2) is 212 Å². The van der Waals surface area contributed by atoms with Crippen molar-refractivity contribution in [3.63, 3.8) is 0 Å². The van der Waals surface area contributed by atoms with E-state index in [9.17, 15) is 2.74 Å². The number of para-hydroxylation sites is 3. The van der Waals surface area contributed by atoms with Crippen molar-refractivity contribution < 1.29 is 16.2 Å². The van der Waals surface area contributed by atoms with Gasteiger partial charge in [-0.2, -0.15) is 0 Å². The zero-order chi connectivity index (χ0) is 56.7. The molecule has 5 nitrogen and oxygen atoms in total. The van der Waals surface area contributed by atoms with Crippen LogP contribution in [0.1, 0.15) is 59.0 Å². The molecule has 5 heterocycles. The summed E-state index contributed by atoms with van der Waals surface area (Å²) in [6, 6.07) is 59.9. The number of aromatic nitrogens is 4. The summed E-state index contributed by atoms with van der Waals surface area (Å²) in [5.74, 6) is 7.31. The predicted octanol–water partition coefficient (Wildman–Crippen LogP) is 17.5. The molecule has 0 fully saturated rings. The second-order valence-corrected chi connectivity index (χ2v) is 33.3. The van der Waals surface area contributed by atoms with Crippen LogP contribution >= 0.6 is 0 Å². The Balaban J connectivity index is 1.01. The van der Waals surface area contributed by atoms with E-state index in [1.54, 1.807) is 4.40 Å². The molecule has 374 valence electrons. The summed E-state index contributed by atoms with van der Waals surface area (Å²) >= 11 is -2.41. The molecule has 0 spiro atoms. The first-order valence-electron chi connectivity index (χ1n) is 29.2. The predicted molar refractivity (Wildman–Crippen MR) is 321 cm³/mol. The molecule has 14 rings (SSSR count). The van der Waals surface area contributed by atoms with E-state index in [2.05, 4.69) is 201 Å². The summed E-state index contributed by atoms with van der Waals surface area (Å²) in [6.45, 7) is 11.5. The fourth-order valence-corrected chi connectivity index (χ4v) is 19.1. The zero-order valence-corrected chi connectivity index (χ0v) is 46.5. The van der Waals surface area contributed by atoms with E-state index < -0.39 is 31.4 Å². The van der Waals surface area contributed by atoms with Gasteiger partial charge in [-0.05, 0) is 44.5 Å². The van der Waals surface area contributed by atoms with Crippen LogP contribution in [0.4, 0.5) is 0 Å². The van der Waals surface area contributed by atoms with Gasteiger partial charge < -0.3 is 0 Å². The van der Waals surface area contributed by atoms with Gasteiger partial charge in [0.05, 0.1) is 12.5 Å². The van der Waals surface area contributed by atoms with E-state index in [-0.39, 0.29) is 28.5 Å². The first kappa shape index (κ1) is 41.9. The Labute approximate surface area is 461 Å². The summed E-state index contributed by atoms with van der Waals surface area (Å²) in [5.41, 5.74) is 16.4. The SMILES string of the molecule is [2H]c1c([2H])c([2H])c(-c2cccc3c2-[n+]2[c-]n(-c4cccc(Oc5cc6c(cc5-c5ccc7[c](c5)[Ge]([CH3])([CH3])[CH2]CC7(C)C)c5ccccc5n6-c5cc(C(C)(C)C)ccn5)c4)c4cccc(c42)-c2ccccc2-c2ccccc2-3)c([2H])c1[2H]. The van der Waals surface area contributed by atoms with Gasteiger partial charge in [0, 0.05) is 0 Å². The number of rotatable bonds is 6. The minimum atomic E-state index is -2.41. The van der Waals surface area contributed by atoms with Crippen molar-refractivity contribution in [2.45, 2.75) is 68.6 Å². The van der Waals surface area contributed by atoms with Gasteiger partial charge in [0.2, 0.25) is 0 Å². The Morgan fingerprint density at radius 2 is 1.27 bits per heavy atom.